The molecule has 3 heterocycles. The Morgan fingerprint density at radius 3 is 2.62 bits per heavy atom. The molecule has 3 aromatic heterocycles. The lowest BCUT2D eigenvalue weighted by atomic mass is 10.4. The number of nitrogens with one attached hydrogen (secondary N) is 1. The predicted octanol–water partition coefficient (Wildman–Crippen LogP) is 1.82. The van der Waals surface area contributed by atoms with E-state index >= 15 is 0 Å². The van der Waals surface area contributed by atoms with Gasteiger partial charge in [-0.3, -0.25) is 4.79 Å². The van der Waals surface area contributed by atoms with Gasteiger partial charge < -0.3 is 9.84 Å². The highest BCUT2D eigenvalue weighted by Gasteiger charge is 2.24. The quantitative estimate of drug-likeness (QED) is 0.726. The zero-order chi connectivity index (χ0) is 17.3. The van der Waals surface area contributed by atoms with Crippen LogP contribution in [-0.2, 0) is 4.79 Å². The molecule has 3 rings (SSSR count). The van der Waals surface area contributed by atoms with Gasteiger partial charge in [-0.2, -0.15) is 5.10 Å². The zero-order valence-electron chi connectivity index (χ0n) is 13.9. The van der Waals surface area contributed by atoms with Crippen molar-refractivity contribution in [1.82, 2.24) is 24.9 Å². The second-order valence-corrected chi connectivity index (χ2v) is 11.4. The molecule has 24 heavy (non-hydrogen) atoms. The van der Waals surface area contributed by atoms with Crippen molar-refractivity contribution in [3.63, 3.8) is 0 Å². The number of anilines is 1. The lowest BCUT2D eigenvalue weighted by molar-refractivity contribution is -0.114. The van der Waals surface area contributed by atoms with Crippen LogP contribution in [0.3, 0.4) is 0 Å². The molecule has 8 nitrogen and oxygen atoms in total. The van der Waals surface area contributed by atoms with Crippen LogP contribution in [0.25, 0.3) is 17.3 Å². The third-order valence-electron chi connectivity index (χ3n) is 3.23. The lowest BCUT2D eigenvalue weighted by Gasteiger charge is -2.09. The van der Waals surface area contributed by atoms with Gasteiger partial charge in [0, 0.05) is 31.5 Å². The third-order valence-corrected chi connectivity index (χ3v) is 4.95. The number of nitrogens with zero attached hydrogens (tertiary/aromatic N) is 5. The SMILES string of the molecule is CC(=O)Nc1cc(-n2cccn2)nc(-c2cc([Si](C)(C)C)on2)n1. The topological polar surface area (TPSA) is 98.7 Å². The van der Waals surface area contributed by atoms with E-state index < -0.39 is 8.07 Å². The van der Waals surface area contributed by atoms with E-state index in [0.717, 1.165) is 5.38 Å². The highest BCUT2D eigenvalue weighted by atomic mass is 28.3. The average molecular weight is 342 g/mol. The summed E-state index contributed by atoms with van der Waals surface area (Å²) in [4.78, 5) is 20.2. The molecule has 3 aromatic rings. The first-order chi connectivity index (χ1) is 11.3. The molecular formula is C15H18N6O2Si. The molecule has 0 aliphatic rings. The van der Waals surface area contributed by atoms with E-state index in [2.05, 4.69) is 45.2 Å². The fraction of sp³-hybridized carbons (Fsp3) is 0.267. The molecule has 0 aliphatic carbocycles. The summed E-state index contributed by atoms with van der Waals surface area (Å²) in [6, 6.07) is 5.31. The van der Waals surface area contributed by atoms with Gasteiger partial charge in [0.2, 0.25) is 5.91 Å². The first kappa shape index (κ1) is 16.1. The fourth-order valence-electron chi connectivity index (χ4n) is 2.05. The molecule has 0 saturated heterocycles. The summed E-state index contributed by atoms with van der Waals surface area (Å²) in [6.45, 7) is 7.93. The molecule has 0 radical (unpaired) electrons. The van der Waals surface area contributed by atoms with Crippen molar-refractivity contribution in [2.45, 2.75) is 26.6 Å². The van der Waals surface area contributed by atoms with Gasteiger partial charge in [-0.15, -0.1) is 0 Å². The molecule has 0 atom stereocenters. The molecule has 1 amide bonds. The van der Waals surface area contributed by atoms with Crippen LogP contribution < -0.4 is 10.7 Å². The van der Waals surface area contributed by atoms with Crippen molar-refractivity contribution in [2.75, 3.05) is 5.32 Å². The van der Waals surface area contributed by atoms with Gasteiger partial charge in [0.05, 0.1) is 0 Å². The Labute approximate surface area is 139 Å². The average Bonchev–Trinajstić information content (AvgIpc) is 3.17. The maximum Gasteiger partial charge on any atom is 0.222 e. The normalized spacial score (nSPS) is 11.5. The van der Waals surface area contributed by atoms with Crippen LogP contribution in [0, 0.1) is 0 Å². The van der Waals surface area contributed by atoms with Crippen LogP contribution in [0.4, 0.5) is 5.82 Å². The number of aromatic nitrogens is 5. The van der Waals surface area contributed by atoms with Crippen LogP contribution in [0.5, 0.6) is 0 Å². The molecule has 0 aliphatic heterocycles. The third kappa shape index (κ3) is 3.40. The van der Waals surface area contributed by atoms with E-state index in [4.69, 9.17) is 4.52 Å². The largest absolute Gasteiger partial charge is 0.366 e. The Kier molecular flexibility index (Phi) is 4.02. The number of carbonyl (C=O) groups excluding carboxylic acids is 1. The maximum atomic E-state index is 11.4. The standard InChI is InChI=1S/C15H18N6O2Si/c1-10(22)17-12-9-13(21-7-5-6-16-21)19-15(18-12)11-8-14(23-20-11)24(2,3)4/h5-9H,1-4H3,(H,17,18,19,22). The number of carbonyl (C=O) groups is 1. The Morgan fingerprint density at radius 2 is 2.04 bits per heavy atom. The first-order valence-corrected chi connectivity index (χ1v) is 11.0. The molecular weight excluding hydrogens is 324 g/mol. The molecule has 1 N–H and O–H groups in total. The highest BCUT2D eigenvalue weighted by molar-refractivity contribution is 6.87. The first-order valence-electron chi connectivity index (χ1n) is 7.47. The fourth-order valence-corrected chi connectivity index (χ4v) is 2.94. The minimum atomic E-state index is -1.62. The Morgan fingerprint density at radius 1 is 1.25 bits per heavy atom. The van der Waals surface area contributed by atoms with Gasteiger partial charge >= 0.3 is 0 Å². The molecule has 0 fully saturated rings. The smallest absolute Gasteiger partial charge is 0.222 e. The second-order valence-electron chi connectivity index (χ2n) is 6.39. The second kappa shape index (κ2) is 6.00. The Balaban J connectivity index is 2.08. The van der Waals surface area contributed by atoms with Gasteiger partial charge in [0.25, 0.3) is 0 Å². The predicted molar refractivity (Wildman–Crippen MR) is 91.9 cm³/mol. The summed E-state index contributed by atoms with van der Waals surface area (Å²) in [5.74, 6) is 1.08. The van der Waals surface area contributed by atoms with Crippen molar-refractivity contribution in [3.05, 3.63) is 30.6 Å². The van der Waals surface area contributed by atoms with Crippen molar-refractivity contribution in [3.8, 4) is 17.3 Å². The minimum absolute atomic E-state index is 0.214. The van der Waals surface area contributed by atoms with Crippen LogP contribution in [0.2, 0.25) is 19.6 Å². The number of hydrogen-bond donors (Lipinski definition) is 1. The van der Waals surface area contributed by atoms with E-state index in [0.29, 0.717) is 23.2 Å². The van der Waals surface area contributed by atoms with E-state index in [-0.39, 0.29) is 5.91 Å². The van der Waals surface area contributed by atoms with Gasteiger partial charge in [-0.25, -0.2) is 14.6 Å². The van der Waals surface area contributed by atoms with Gasteiger partial charge in [0.1, 0.15) is 19.3 Å². The summed E-state index contributed by atoms with van der Waals surface area (Å²) in [5, 5.41) is 11.8. The maximum absolute atomic E-state index is 11.4. The molecule has 0 spiro atoms. The Bertz CT molecular complexity index is 866. The monoisotopic (exact) mass is 342 g/mol. The van der Waals surface area contributed by atoms with Crippen LogP contribution >= 0.6 is 0 Å². The van der Waals surface area contributed by atoms with E-state index in [9.17, 15) is 4.79 Å². The van der Waals surface area contributed by atoms with E-state index in [1.807, 2.05) is 6.07 Å². The summed E-state index contributed by atoms with van der Waals surface area (Å²) in [5.41, 5.74) is 0.535. The van der Waals surface area contributed by atoms with Crippen LogP contribution in [0.15, 0.2) is 35.1 Å². The molecule has 0 unspecified atom stereocenters. The summed E-state index contributed by atoms with van der Waals surface area (Å²) in [6.07, 6.45) is 3.42. The summed E-state index contributed by atoms with van der Waals surface area (Å²) < 4.78 is 7.05. The molecule has 124 valence electrons. The minimum Gasteiger partial charge on any atom is -0.366 e. The highest BCUT2D eigenvalue weighted by Crippen LogP contribution is 2.18. The van der Waals surface area contributed by atoms with Gasteiger partial charge in [0.15, 0.2) is 17.3 Å². The van der Waals surface area contributed by atoms with Gasteiger partial charge in [-0.1, -0.05) is 24.8 Å². The van der Waals surface area contributed by atoms with Crippen molar-refractivity contribution in [1.29, 1.82) is 0 Å². The van der Waals surface area contributed by atoms with Crippen molar-refractivity contribution >= 4 is 25.2 Å². The lowest BCUT2D eigenvalue weighted by Crippen LogP contribution is -2.36. The van der Waals surface area contributed by atoms with E-state index in [1.165, 1.54) is 6.92 Å². The number of rotatable bonds is 4. The zero-order valence-corrected chi connectivity index (χ0v) is 14.9. The number of hydrogen-bond acceptors (Lipinski definition) is 6. The number of amides is 1. The van der Waals surface area contributed by atoms with Crippen LogP contribution in [-0.4, -0.2) is 38.9 Å². The van der Waals surface area contributed by atoms with Crippen molar-refractivity contribution in [2.24, 2.45) is 0 Å². The van der Waals surface area contributed by atoms with Crippen molar-refractivity contribution < 1.29 is 9.32 Å². The molecule has 9 heteroatoms. The van der Waals surface area contributed by atoms with E-state index in [1.54, 1.807) is 29.2 Å². The molecule has 0 bridgehead atoms. The molecule has 0 saturated carbocycles. The summed E-state index contributed by atoms with van der Waals surface area (Å²) in [7, 11) is -1.62. The summed E-state index contributed by atoms with van der Waals surface area (Å²) >= 11 is 0. The van der Waals surface area contributed by atoms with Gasteiger partial charge in [-0.05, 0) is 6.07 Å². The Hall–Kier alpha value is -2.81. The molecule has 0 aromatic carbocycles. The van der Waals surface area contributed by atoms with Crippen LogP contribution in [0.1, 0.15) is 6.92 Å².